The van der Waals surface area contributed by atoms with Crippen LogP contribution in [-0.4, -0.2) is 27.4 Å². The predicted octanol–water partition coefficient (Wildman–Crippen LogP) is 3.07. The molecule has 0 saturated heterocycles. The molecule has 0 bridgehead atoms. The average Bonchev–Trinajstić information content (AvgIpc) is 3.07. The number of thioether (sulfide) groups is 1. The summed E-state index contributed by atoms with van der Waals surface area (Å²) in [6.45, 7) is 0.677. The smallest absolute Gasteiger partial charge is 0.216 e. The topological polar surface area (TPSA) is 56.2 Å². The third kappa shape index (κ3) is 2.46. The molecular weight excluding hydrogens is 288 g/mol. The molecule has 0 spiro atoms. The molecule has 3 aromatic rings. The van der Waals surface area contributed by atoms with E-state index in [0.717, 1.165) is 29.3 Å². The molecule has 0 aliphatic heterocycles. The highest BCUT2D eigenvalue weighted by atomic mass is 32.2. The van der Waals surface area contributed by atoms with E-state index in [1.807, 2.05) is 0 Å². The zero-order valence-electron chi connectivity index (χ0n) is 11.2. The van der Waals surface area contributed by atoms with E-state index in [2.05, 4.69) is 50.5 Å². The summed E-state index contributed by atoms with van der Waals surface area (Å²) in [4.78, 5) is 2.22. The Morgan fingerprint density at radius 1 is 1.25 bits per heavy atom. The van der Waals surface area contributed by atoms with Gasteiger partial charge in [-0.05, 0) is 36.9 Å². The molecule has 0 unspecified atom stereocenters. The summed E-state index contributed by atoms with van der Waals surface area (Å²) in [7, 11) is 0. The highest BCUT2D eigenvalue weighted by molar-refractivity contribution is 7.98. The summed E-state index contributed by atoms with van der Waals surface area (Å²) in [6, 6.07) is 8.60. The molecule has 2 heterocycles. The molecule has 1 aromatic carbocycles. The van der Waals surface area contributed by atoms with Gasteiger partial charge in [-0.15, -0.1) is 33.3 Å². The third-order valence-corrected chi connectivity index (χ3v) is 4.77. The maximum atomic E-state index is 5.59. The molecule has 4 nitrogen and oxygen atoms in total. The lowest BCUT2D eigenvalue weighted by molar-refractivity contribution is 0.772. The summed E-state index contributed by atoms with van der Waals surface area (Å²) in [6.07, 6.45) is 3.88. The first-order valence-corrected chi connectivity index (χ1v) is 8.60. The van der Waals surface area contributed by atoms with Crippen molar-refractivity contribution in [3.63, 3.8) is 0 Å². The van der Waals surface area contributed by atoms with E-state index in [4.69, 9.17) is 5.73 Å². The Labute approximate surface area is 126 Å². The van der Waals surface area contributed by atoms with Crippen LogP contribution in [0.1, 0.15) is 12.2 Å². The third-order valence-electron chi connectivity index (χ3n) is 3.21. The molecule has 104 valence electrons. The van der Waals surface area contributed by atoms with Gasteiger partial charge in [-0.1, -0.05) is 12.1 Å². The van der Waals surface area contributed by atoms with Gasteiger partial charge in [0, 0.05) is 16.7 Å². The van der Waals surface area contributed by atoms with Gasteiger partial charge in [0.2, 0.25) is 4.96 Å². The maximum absolute atomic E-state index is 5.59. The average molecular weight is 304 g/mol. The number of nitrogens with zero attached hydrogens (tertiary/aromatic N) is 3. The quantitative estimate of drug-likeness (QED) is 0.736. The molecular formula is C14H16N4S2. The molecule has 0 amide bonds. The monoisotopic (exact) mass is 304 g/mol. The Kier molecular flexibility index (Phi) is 4.05. The van der Waals surface area contributed by atoms with Gasteiger partial charge in [-0.3, -0.25) is 4.40 Å². The maximum Gasteiger partial charge on any atom is 0.216 e. The van der Waals surface area contributed by atoms with Crippen molar-refractivity contribution in [1.82, 2.24) is 14.6 Å². The number of hydrogen-bond donors (Lipinski definition) is 1. The van der Waals surface area contributed by atoms with Crippen molar-refractivity contribution >= 4 is 28.1 Å². The van der Waals surface area contributed by atoms with E-state index in [0.29, 0.717) is 6.54 Å². The fourth-order valence-corrected chi connectivity index (χ4v) is 3.42. The fraction of sp³-hybridized carbons (Fsp3) is 0.286. The Balaban J connectivity index is 2.03. The first-order chi connectivity index (χ1) is 9.83. The molecule has 2 N–H and O–H groups in total. The van der Waals surface area contributed by atoms with Crippen molar-refractivity contribution in [2.45, 2.75) is 17.7 Å². The van der Waals surface area contributed by atoms with Crippen LogP contribution in [0.4, 0.5) is 0 Å². The van der Waals surface area contributed by atoms with Gasteiger partial charge >= 0.3 is 0 Å². The van der Waals surface area contributed by atoms with Gasteiger partial charge in [0.15, 0.2) is 0 Å². The van der Waals surface area contributed by atoms with Crippen molar-refractivity contribution < 1.29 is 0 Å². The number of nitrogens with two attached hydrogens (primary N) is 1. The zero-order chi connectivity index (χ0) is 13.9. The first kappa shape index (κ1) is 13.6. The van der Waals surface area contributed by atoms with Crippen LogP contribution < -0.4 is 5.73 Å². The van der Waals surface area contributed by atoms with E-state index in [1.165, 1.54) is 10.5 Å². The van der Waals surface area contributed by atoms with Crippen LogP contribution in [0, 0.1) is 0 Å². The minimum absolute atomic E-state index is 0.677. The van der Waals surface area contributed by atoms with Crippen LogP contribution in [-0.2, 0) is 6.42 Å². The van der Waals surface area contributed by atoms with Crippen LogP contribution in [0.2, 0.25) is 0 Å². The standard InChI is InChI=1S/C14H16N4S2/c1-19-11-6-4-10(5-7-11)12-9-20-14-17-16-13(18(12)14)3-2-8-15/h4-7,9H,2-3,8,15H2,1H3. The molecule has 2 aromatic heterocycles. The molecule has 20 heavy (non-hydrogen) atoms. The van der Waals surface area contributed by atoms with E-state index in [-0.39, 0.29) is 0 Å². The van der Waals surface area contributed by atoms with Crippen LogP contribution in [0.25, 0.3) is 16.2 Å². The van der Waals surface area contributed by atoms with E-state index in [1.54, 1.807) is 23.1 Å². The second-order valence-electron chi connectivity index (χ2n) is 4.48. The summed E-state index contributed by atoms with van der Waals surface area (Å²) < 4.78 is 2.15. The number of benzene rings is 1. The SMILES string of the molecule is CSc1ccc(-c2csc3nnc(CCCN)n23)cc1. The normalized spacial score (nSPS) is 11.3. The number of thiazole rings is 1. The summed E-state index contributed by atoms with van der Waals surface area (Å²) >= 11 is 3.38. The van der Waals surface area contributed by atoms with Crippen molar-refractivity contribution in [3.05, 3.63) is 35.5 Å². The largest absolute Gasteiger partial charge is 0.330 e. The number of fused-ring (bicyclic) bond motifs is 1. The van der Waals surface area contributed by atoms with E-state index >= 15 is 0 Å². The van der Waals surface area contributed by atoms with Crippen molar-refractivity contribution in [2.75, 3.05) is 12.8 Å². The molecule has 3 rings (SSSR count). The number of aromatic nitrogens is 3. The lowest BCUT2D eigenvalue weighted by Crippen LogP contribution is -2.03. The molecule has 0 atom stereocenters. The van der Waals surface area contributed by atoms with Gasteiger partial charge in [-0.2, -0.15) is 0 Å². The van der Waals surface area contributed by atoms with Crippen molar-refractivity contribution in [2.24, 2.45) is 5.73 Å². The lowest BCUT2D eigenvalue weighted by atomic mass is 10.2. The molecule has 0 aliphatic carbocycles. The molecule has 0 aliphatic rings. The summed E-state index contributed by atoms with van der Waals surface area (Å²) in [5.74, 6) is 0.996. The Morgan fingerprint density at radius 2 is 2.05 bits per heavy atom. The molecule has 0 fully saturated rings. The summed E-state index contributed by atoms with van der Waals surface area (Å²) in [5, 5.41) is 10.7. The molecule has 0 saturated carbocycles. The summed E-state index contributed by atoms with van der Waals surface area (Å²) in [5.41, 5.74) is 7.95. The van der Waals surface area contributed by atoms with Crippen LogP contribution in [0.3, 0.4) is 0 Å². The second kappa shape index (κ2) is 5.95. The predicted molar refractivity (Wildman–Crippen MR) is 85.5 cm³/mol. The van der Waals surface area contributed by atoms with Gasteiger partial charge in [-0.25, -0.2) is 0 Å². The number of hydrogen-bond acceptors (Lipinski definition) is 5. The van der Waals surface area contributed by atoms with E-state index in [9.17, 15) is 0 Å². The van der Waals surface area contributed by atoms with Gasteiger partial charge in [0.1, 0.15) is 5.82 Å². The Hall–Kier alpha value is -1.37. The minimum Gasteiger partial charge on any atom is -0.330 e. The van der Waals surface area contributed by atoms with Crippen LogP contribution >= 0.6 is 23.1 Å². The van der Waals surface area contributed by atoms with Gasteiger partial charge in [0.05, 0.1) is 5.69 Å². The van der Waals surface area contributed by atoms with Crippen LogP contribution in [0.5, 0.6) is 0 Å². The lowest BCUT2D eigenvalue weighted by Gasteiger charge is -2.04. The number of aryl methyl sites for hydroxylation is 1. The zero-order valence-corrected chi connectivity index (χ0v) is 12.9. The van der Waals surface area contributed by atoms with Crippen LogP contribution in [0.15, 0.2) is 34.5 Å². The highest BCUT2D eigenvalue weighted by Gasteiger charge is 2.12. The number of rotatable bonds is 5. The van der Waals surface area contributed by atoms with Crippen molar-refractivity contribution in [1.29, 1.82) is 0 Å². The second-order valence-corrected chi connectivity index (χ2v) is 6.19. The van der Waals surface area contributed by atoms with E-state index < -0.39 is 0 Å². The first-order valence-electron chi connectivity index (χ1n) is 6.49. The van der Waals surface area contributed by atoms with Crippen molar-refractivity contribution in [3.8, 4) is 11.3 Å². The minimum atomic E-state index is 0.677. The fourth-order valence-electron chi connectivity index (χ4n) is 2.16. The highest BCUT2D eigenvalue weighted by Crippen LogP contribution is 2.28. The molecule has 6 heteroatoms. The van der Waals surface area contributed by atoms with Gasteiger partial charge in [0.25, 0.3) is 0 Å². The van der Waals surface area contributed by atoms with Gasteiger partial charge < -0.3 is 5.73 Å². The molecule has 0 radical (unpaired) electrons. The Morgan fingerprint density at radius 3 is 2.75 bits per heavy atom. The Bertz CT molecular complexity index is 700.